The molecule has 1 heterocycles. The molecule has 0 aromatic heterocycles. The first-order chi connectivity index (χ1) is 13.5. The molecule has 1 amide bonds. The fraction of sp³-hybridized carbons (Fsp3) is 0.348. The van der Waals surface area contributed by atoms with Gasteiger partial charge in [-0.2, -0.15) is 0 Å². The molecule has 2 aromatic carbocycles. The first kappa shape index (κ1) is 20.1. The zero-order valence-corrected chi connectivity index (χ0v) is 16.8. The van der Waals surface area contributed by atoms with Crippen LogP contribution in [0.15, 0.2) is 54.2 Å². The molecule has 1 fully saturated rings. The Morgan fingerprint density at radius 3 is 2.50 bits per heavy atom. The second kappa shape index (κ2) is 9.02. The van der Waals surface area contributed by atoms with E-state index < -0.39 is 0 Å². The summed E-state index contributed by atoms with van der Waals surface area (Å²) in [6.07, 6.45) is 3.90. The van der Waals surface area contributed by atoms with Gasteiger partial charge in [-0.05, 0) is 88.7 Å². The summed E-state index contributed by atoms with van der Waals surface area (Å²) in [5.74, 6) is -0.320. The molecule has 0 saturated carbocycles. The second-order valence-corrected chi connectivity index (χ2v) is 7.24. The molecular weight excluding hydrogens is 353 g/mol. The Labute approximate surface area is 166 Å². The summed E-state index contributed by atoms with van der Waals surface area (Å²) in [6.45, 7) is 7.86. The lowest BCUT2D eigenvalue weighted by atomic mass is 10.0. The minimum atomic E-state index is -0.270. The molecule has 3 rings (SSSR count). The summed E-state index contributed by atoms with van der Waals surface area (Å²) < 4.78 is 13.4. The van der Waals surface area contributed by atoms with Crippen molar-refractivity contribution in [1.82, 2.24) is 10.6 Å². The third-order valence-corrected chi connectivity index (χ3v) is 5.24. The van der Waals surface area contributed by atoms with Crippen LogP contribution in [0.2, 0.25) is 0 Å². The SMILES string of the molecule is C/C=C(/C)N(c1ccc(F)cc1)c1cc(C(=O)NC2CCNCC2)ccc1C. The number of rotatable bonds is 5. The van der Waals surface area contributed by atoms with Crippen LogP contribution < -0.4 is 15.5 Å². The third-order valence-electron chi connectivity index (χ3n) is 5.24. The topological polar surface area (TPSA) is 44.4 Å². The fourth-order valence-electron chi connectivity index (χ4n) is 3.48. The van der Waals surface area contributed by atoms with Crippen LogP contribution in [-0.2, 0) is 0 Å². The number of benzene rings is 2. The van der Waals surface area contributed by atoms with Gasteiger partial charge in [0.2, 0.25) is 0 Å². The Balaban J connectivity index is 1.93. The maximum absolute atomic E-state index is 13.4. The van der Waals surface area contributed by atoms with Crippen molar-refractivity contribution in [3.63, 3.8) is 0 Å². The molecule has 0 radical (unpaired) electrons. The molecular formula is C23H28FN3O. The van der Waals surface area contributed by atoms with E-state index in [9.17, 15) is 9.18 Å². The zero-order valence-electron chi connectivity index (χ0n) is 16.8. The van der Waals surface area contributed by atoms with Crippen molar-refractivity contribution >= 4 is 17.3 Å². The molecule has 1 aliphatic rings. The number of allylic oxidation sites excluding steroid dienone is 2. The number of carbonyl (C=O) groups excluding carboxylic acids is 1. The van der Waals surface area contributed by atoms with Crippen molar-refractivity contribution in [3.05, 3.63) is 71.2 Å². The lowest BCUT2D eigenvalue weighted by molar-refractivity contribution is 0.0929. The molecule has 2 N–H and O–H groups in total. The predicted molar refractivity (Wildman–Crippen MR) is 113 cm³/mol. The first-order valence-electron chi connectivity index (χ1n) is 9.80. The van der Waals surface area contributed by atoms with E-state index in [-0.39, 0.29) is 17.8 Å². The number of hydrogen-bond donors (Lipinski definition) is 2. The molecule has 0 bridgehead atoms. The van der Waals surface area contributed by atoms with Crippen LogP contribution in [0.5, 0.6) is 0 Å². The van der Waals surface area contributed by atoms with Gasteiger partial charge in [0, 0.05) is 28.7 Å². The lowest BCUT2D eigenvalue weighted by Crippen LogP contribution is -2.42. The number of carbonyl (C=O) groups is 1. The van der Waals surface area contributed by atoms with Crippen LogP contribution in [0.4, 0.5) is 15.8 Å². The lowest BCUT2D eigenvalue weighted by Gasteiger charge is -2.28. The minimum absolute atomic E-state index is 0.0506. The largest absolute Gasteiger partial charge is 0.349 e. The third kappa shape index (κ3) is 4.60. The van der Waals surface area contributed by atoms with E-state index in [0.717, 1.165) is 48.6 Å². The highest BCUT2D eigenvalue weighted by Gasteiger charge is 2.19. The monoisotopic (exact) mass is 381 g/mol. The Bertz CT molecular complexity index is 855. The van der Waals surface area contributed by atoms with E-state index >= 15 is 0 Å². The van der Waals surface area contributed by atoms with E-state index in [4.69, 9.17) is 0 Å². The van der Waals surface area contributed by atoms with Crippen molar-refractivity contribution in [3.8, 4) is 0 Å². The number of halogens is 1. The quantitative estimate of drug-likeness (QED) is 0.791. The first-order valence-corrected chi connectivity index (χ1v) is 9.80. The standard InChI is InChI=1S/C23H28FN3O/c1-4-17(3)27(21-9-7-19(24)8-10-21)22-15-18(6-5-16(22)2)23(28)26-20-11-13-25-14-12-20/h4-10,15,20,25H,11-14H2,1-3H3,(H,26,28)/b17-4-. The molecule has 0 atom stereocenters. The minimum Gasteiger partial charge on any atom is -0.349 e. The maximum atomic E-state index is 13.4. The van der Waals surface area contributed by atoms with Crippen molar-refractivity contribution in [2.45, 2.75) is 39.7 Å². The highest BCUT2D eigenvalue weighted by molar-refractivity contribution is 5.96. The van der Waals surface area contributed by atoms with E-state index in [1.54, 1.807) is 12.1 Å². The molecule has 5 heteroatoms. The molecule has 1 saturated heterocycles. The zero-order chi connectivity index (χ0) is 20.1. The van der Waals surface area contributed by atoms with E-state index in [0.29, 0.717) is 5.56 Å². The van der Waals surface area contributed by atoms with Crippen molar-refractivity contribution in [1.29, 1.82) is 0 Å². The van der Waals surface area contributed by atoms with Gasteiger partial charge in [-0.25, -0.2) is 4.39 Å². The normalized spacial score (nSPS) is 15.4. The van der Waals surface area contributed by atoms with Crippen molar-refractivity contribution in [2.75, 3.05) is 18.0 Å². The Hall–Kier alpha value is -2.66. The van der Waals surface area contributed by atoms with E-state index in [1.807, 2.05) is 45.0 Å². The highest BCUT2D eigenvalue weighted by atomic mass is 19.1. The fourth-order valence-corrected chi connectivity index (χ4v) is 3.48. The van der Waals surface area contributed by atoms with Crippen molar-refractivity contribution in [2.24, 2.45) is 0 Å². The average Bonchev–Trinajstić information content (AvgIpc) is 2.71. The number of aryl methyl sites for hydroxylation is 1. The number of nitrogens with one attached hydrogen (secondary N) is 2. The van der Waals surface area contributed by atoms with Crippen LogP contribution in [0.1, 0.15) is 42.6 Å². The molecule has 0 aliphatic carbocycles. The molecule has 0 unspecified atom stereocenters. The average molecular weight is 381 g/mol. The Morgan fingerprint density at radius 2 is 1.86 bits per heavy atom. The summed E-state index contributed by atoms with van der Waals surface area (Å²) in [5, 5.41) is 6.46. The predicted octanol–water partition coefficient (Wildman–Crippen LogP) is 4.68. The van der Waals surface area contributed by atoms with Gasteiger partial charge in [0.05, 0.1) is 0 Å². The summed E-state index contributed by atoms with van der Waals surface area (Å²) in [7, 11) is 0. The number of anilines is 2. The number of amides is 1. The van der Waals surface area contributed by atoms with Gasteiger partial charge in [0.1, 0.15) is 5.82 Å². The maximum Gasteiger partial charge on any atom is 0.251 e. The van der Waals surface area contributed by atoms with Crippen LogP contribution in [0, 0.1) is 12.7 Å². The van der Waals surface area contributed by atoms with Gasteiger partial charge in [0.15, 0.2) is 0 Å². The van der Waals surface area contributed by atoms with Crippen molar-refractivity contribution < 1.29 is 9.18 Å². The molecule has 148 valence electrons. The van der Waals surface area contributed by atoms with Crippen LogP contribution in [0.25, 0.3) is 0 Å². The molecule has 1 aliphatic heterocycles. The van der Waals surface area contributed by atoms with E-state index in [1.165, 1.54) is 12.1 Å². The smallest absolute Gasteiger partial charge is 0.251 e. The number of nitrogens with zero attached hydrogens (tertiary/aromatic N) is 1. The van der Waals surface area contributed by atoms with Crippen LogP contribution >= 0.6 is 0 Å². The number of piperidine rings is 1. The molecule has 0 spiro atoms. The highest BCUT2D eigenvalue weighted by Crippen LogP contribution is 2.33. The van der Waals surface area contributed by atoms with Crippen LogP contribution in [-0.4, -0.2) is 25.0 Å². The van der Waals surface area contributed by atoms with Gasteiger partial charge in [-0.15, -0.1) is 0 Å². The molecule has 28 heavy (non-hydrogen) atoms. The van der Waals surface area contributed by atoms with Gasteiger partial charge >= 0.3 is 0 Å². The van der Waals surface area contributed by atoms with Gasteiger partial charge in [0.25, 0.3) is 5.91 Å². The summed E-state index contributed by atoms with van der Waals surface area (Å²) in [6, 6.07) is 12.4. The summed E-state index contributed by atoms with van der Waals surface area (Å²) >= 11 is 0. The van der Waals surface area contributed by atoms with E-state index in [2.05, 4.69) is 15.5 Å². The van der Waals surface area contributed by atoms with Crippen LogP contribution in [0.3, 0.4) is 0 Å². The Kier molecular flexibility index (Phi) is 6.47. The van der Waals surface area contributed by atoms with Gasteiger partial charge in [-0.3, -0.25) is 4.79 Å². The van der Waals surface area contributed by atoms with Gasteiger partial charge < -0.3 is 15.5 Å². The number of hydrogen-bond acceptors (Lipinski definition) is 3. The second-order valence-electron chi connectivity index (χ2n) is 7.24. The summed E-state index contributed by atoms with van der Waals surface area (Å²) in [5.41, 5.74) is 4.46. The summed E-state index contributed by atoms with van der Waals surface area (Å²) in [4.78, 5) is 14.9. The molecule has 4 nitrogen and oxygen atoms in total. The Morgan fingerprint density at radius 1 is 1.18 bits per heavy atom. The van der Waals surface area contributed by atoms with Gasteiger partial charge in [-0.1, -0.05) is 12.1 Å². The molecule has 2 aromatic rings.